The molecule has 3 rings (SSSR count). The molecule has 0 bridgehead atoms. The van der Waals surface area contributed by atoms with E-state index in [0.29, 0.717) is 0 Å². The van der Waals surface area contributed by atoms with E-state index >= 15 is 0 Å². The molecule has 0 fully saturated rings. The Morgan fingerprint density at radius 3 is 2.12 bits per heavy atom. The van der Waals surface area contributed by atoms with Crippen LogP contribution < -0.4 is 5.73 Å². The summed E-state index contributed by atoms with van der Waals surface area (Å²) in [5.41, 5.74) is 9.92. The molecular formula is C12H8N2O2. The highest BCUT2D eigenvalue weighted by Gasteiger charge is 2.26. The second kappa shape index (κ2) is 2.82. The summed E-state index contributed by atoms with van der Waals surface area (Å²) in [5.74, 6) is 0. The fraction of sp³-hybridized carbons (Fsp3) is 0. The van der Waals surface area contributed by atoms with E-state index in [2.05, 4.69) is 0 Å². The van der Waals surface area contributed by atoms with Crippen LogP contribution in [-0.4, -0.2) is 4.92 Å². The third kappa shape index (κ3) is 0.982. The third-order valence-electron chi connectivity index (χ3n) is 2.87. The molecule has 0 amide bonds. The van der Waals surface area contributed by atoms with Gasteiger partial charge in [0.25, 0.3) is 5.69 Å². The van der Waals surface area contributed by atoms with E-state index in [-0.39, 0.29) is 11.4 Å². The summed E-state index contributed by atoms with van der Waals surface area (Å²) >= 11 is 0. The van der Waals surface area contributed by atoms with E-state index in [9.17, 15) is 10.1 Å². The first-order valence-corrected chi connectivity index (χ1v) is 4.86. The molecule has 2 aromatic rings. The predicted octanol–water partition coefficient (Wildman–Crippen LogP) is 2.82. The number of fused-ring (bicyclic) bond motifs is 4. The smallest absolute Gasteiger partial charge is 0.292 e. The lowest BCUT2D eigenvalue weighted by Gasteiger charge is -2.23. The first kappa shape index (κ1) is 8.91. The van der Waals surface area contributed by atoms with Gasteiger partial charge in [-0.3, -0.25) is 10.1 Å². The number of nitrogens with two attached hydrogens (primary N) is 1. The van der Waals surface area contributed by atoms with Crippen molar-refractivity contribution in [2.45, 2.75) is 0 Å². The third-order valence-corrected chi connectivity index (χ3v) is 2.87. The SMILES string of the molecule is Nc1cc2c(cc1[N+](=O)[O-])-c1ccccc1-2. The predicted molar refractivity (Wildman–Crippen MR) is 61.9 cm³/mol. The Hall–Kier alpha value is -2.36. The van der Waals surface area contributed by atoms with Crippen molar-refractivity contribution in [3.63, 3.8) is 0 Å². The van der Waals surface area contributed by atoms with Crippen molar-refractivity contribution < 1.29 is 4.92 Å². The largest absolute Gasteiger partial charge is 0.393 e. The first-order chi connectivity index (χ1) is 7.68. The van der Waals surface area contributed by atoms with Gasteiger partial charge in [-0.25, -0.2) is 0 Å². The molecule has 0 saturated carbocycles. The molecule has 0 aliphatic heterocycles. The average Bonchev–Trinajstić information content (AvgIpc) is 2.26. The van der Waals surface area contributed by atoms with Gasteiger partial charge < -0.3 is 5.73 Å². The fourth-order valence-corrected chi connectivity index (χ4v) is 2.10. The number of hydrogen-bond donors (Lipinski definition) is 1. The summed E-state index contributed by atoms with van der Waals surface area (Å²) in [6.07, 6.45) is 0. The Morgan fingerprint density at radius 2 is 1.56 bits per heavy atom. The number of anilines is 1. The Labute approximate surface area is 91.5 Å². The molecule has 0 spiro atoms. The molecule has 0 radical (unpaired) electrons. The van der Waals surface area contributed by atoms with Crippen molar-refractivity contribution in [3.8, 4) is 22.3 Å². The van der Waals surface area contributed by atoms with E-state index in [4.69, 9.17) is 5.73 Å². The van der Waals surface area contributed by atoms with Crippen LogP contribution in [0.3, 0.4) is 0 Å². The molecule has 2 N–H and O–H groups in total. The molecule has 16 heavy (non-hydrogen) atoms. The molecule has 0 heterocycles. The van der Waals surface area contributed by atoms with Gasteiger partial charge in [0.2, 0.25) is 0 Å². The first-order valence-electron chi connectivity index (χ1n) is 4.86. The topological polar surface area (TPSA) is 69.2 Å². The van der Waals surface area contributed by atoms with E-state index in [1.165, 1.54) is 0 Å². The lowest BCUT2D eigenvalue weighted by Crippen LogP contribution is -2.03. The van der Waals surface area contributed by atoms with Gasteiger partial charge in [0, 0.05) is 6.07 Å². The van der Waals surface area contributed by atoms with Crippen molar-refractivity contribution >= 4 is 11.4 Å². The maximum Gasteiger partial charge on any atom is 0.292 e. The molecule has 4 nitrogen and oxygen atoms in total. The van der Waals surface area contributed by atoms with Gasteiger partial charge in [-0.15, -0.1) is 0 Å². The number of nitro groups is 1. The zero-order chi connectivity index (χ0) is 11.3. The number of nitro benzene ring substituents is 1. The zero-order valence-electron chi connectivity index (χ0n) is 8.31. The van der Waals surface area contributed by atoms with Gasteiger partial charge >= 0.3 is 0 Å². The molecule has 1 aliphatic carbocycles. The van der Waals surface area contributed by atoms with Crippen LogP contribution in [0.2, 0.25) is 0 Å². The van der Waals surface area contributed by atoms with Gasteiger partial charge in [-0.1, -0.05) is 24.3 Å². The molecule has 0 atom stereocenters. The minimum atomic E-state index is -0.448. The Balaban J connectivity index is 2.24. The molecular weight excluding hydrogens is 204 g/mol. The minimum absolute atomic E-state index is 0.0201. The molecule has 4 heteroatoms. The summed E-state index contributed by atoms with van der Waals surface area (Å²) in [5, 5.41) is 10.7. The Bertz CT molecular complexity index is 620. The summed E-state index contributed by atoms with van der Waals surface area (Å²) in [4.78, 5) is 10.3. The summed E-state index contributed by atoms with van der Waals surface area (Å²) in [6, 6.07) is 11.0. The number of nitrogen functional groups attached to an aromatic ring is 1. The quantitative estimate of drug-likeness (QED) is 0.383. The maximum atomic E-state index is 10.7. The van der Waals surface area contributed by atoms with Crippen LogP contribution in [0.25, 0.3) is 22.3 Å². The van der Waals surface area contributed by atoms with Crippen molar-refractivity contribution in [3.05, 3.63) is 46.5 Å². The number of hydrogen-bond acceptors (Lipinski definition) is 3. The average molecular weight is 212 g/mol. The van der Waals surface area contributed by atoms with Crippen LogP contribution in [0.4, 0.5) is 11.4 Å². The minimum Gasteiger partial charge on any atom is -0.393 e. The maximum absolute atomic E-state index is 10.7. The van der Waals surface area contributed by atoms with Gasteiger partial charge in [-0.2, -0.15) is 0 Å². The molecule has 0 aromatic heterocycles. The second-order valence-electron chi connectivity index (χ2n) is 3.76. The summed E-state index contributed by atoms with van der Waals surface area (Å²) in [6.45, 7) is 0. The van der Waals surface area contributed by atoms with Gasteiger partial charge in [0.1, 0.15) is 5.69 Å². The zero-order valence-corrected chi connectivity index (χ0v) is 8.31. The van der Waals surface area contributed by atoms with Gasteiger partial charge in [0.15, 0.2) is 0 Å². The highest BCUT2D eigenvalue weighted by Crippen LogP contribution is 2.49. The lowest BCUT2D eigenvalue weighted by molar-refractivity contribution is -0.383. The normalized spacial score (nSPS) is 11.2. The highest BCUT2D eigenvalue weighted by molar-refractivity contribution is 6.04. The summed E-state index contributed by atoms with van der Waals surface area (Å²) in [7, 11) is 0. The van der Waals surface area contributed by atoms with Crippen molar-refractivity contribution in [2.75, 3.05) is 5.73 Å². The van der Waals surface area contributed by atoms with Crippen molar-refractivity contribution in [1.29, 1.82) is 0 Å². The van der Waals surface area contributed by atoms with Crippen LogP contribution in [0.1, 0.15) is 0 Å². The van der Waals surface area contributed by atoms with Gasteiger partial charge in [-0.05, 0) is 28.3 Å². The van der Waals surface area contributed by atoms with E-state index < -0.39 is 4.92 Å². The van der Waals surface area contributed by atoms with E-state index in [0.717, 1.165) is 22.3 Å². The van der Waals surface area contributed by atoms with E-state index in [1.54, 1.807) is 12.1 Å². The standard InChI is InChI=1S/C12H8N2O2/c13-11-5-9-7-3-1-2-4-8(7)10(9)6-12(11)14(15)16/h1-6H,13H2. The van der Waals surface area contributed by atoms with Crippen LogP contribution in [0.15, 0.2) is 36.4 Å². The molecule has 1 aliphatic rings. The fourth-order valence-electron chi connectivity index (χ4n) is 2.10. The Morgan fingerprint density at radius 1 is 1.00 bits per heavy atom. The lowest BCUT2D eigenvalue weighted by atomic mass is 9.80. The monoisotopic (exact) mass is 212 g/mol. The van der Waals surface area contributed by atoms with Crippen LogP contribution in [0, 0.1) is 10.1 Å². The van der Waals surface area contributed by atoms with Crippen LogP contribution in [-0.2, 0) is 0 Å². The molecule has 0 unspecified atom stereocenters. The van der Waals surface area contributed by atoms with Crippen molar-refractivity contribution in [2.24, 2.45) is 0 Å². The van der Waals surface area contributed by atoms with Crippen LogP contribution >= 0.6 is 0 Å². The van der Waals surface area contributed by atoms with Gasteiger partial charge in [0.05, 0.1) is 4.92 Å². The number of nitrogens with zero attached hydrogens (tertiary/aromatic N) is 1. The van der Waals surface area contributed by atoms with Crippen LogP contribution in [0.5, 0.6) is 0 Å². The highest BCUT2D eigenvalue weighted by atomic mass is 16.6. The number of rotatable bonds is 1. The number of benzene rings is 2. The molecule has 0 saturated heterocycles. The van der Waals surface area contributed by atoms with E-state index in [1.807, 2.05) is 24.3 Å². The Kier molecular flexibility index (Phi) is 1.57. The molecule has 78 valence electrons. The summed E-state index contributed by atoms with van der Waals surface area (Å²) < 4.78 is 0. The van der Waals surface area contributed by atoms with Crippen molar-refractivity contribution in [1.82, 2.24) is 0 Å². The second-order valence-corrected chi connectivity index (χ2v) is 3.76. The molecule has 2 aromatic carbocycles.